The van der Waals surface area contributed by atoms with Crippen molar-refractivity contribution in [3.8, 4) is 11.3 Å². The van der Waals surface area contributed by atoms with Gasteiger partial charge in [-0.2, -0.15) is 0 Å². The summed E-state index contributed by atoms with van der Waals surface area (Å²) in [7, 11) is 0. The zero-order chi connectivity index (χ0) is 16.2. The van der Waals surface area contributed by atoms with Gasteiger partial charge in [0, 0.05) is 12.0 Å². The first-order chi connectivity index (χ1) is 11.2. The summed E-state index contributed by atoms with van der Waals surface area (Å²) in [6.45, 7) is 3.47. The molecule has 1 aromatic carbocycles. The lowest BCUT2D eigenvalue weighted by molar-refractivity contribution is 0.0435. The van der Waals surface area contributed by atoms with Crippen LogP contribution in [0.5, 0.6) is 0 Å². The van der Waals surface area contributed by atoms with Crippen molar-refractivity contribution in [3.63, 3.8) is 0 Å². The molecule has 3 rings (SSSR count). The number of aromatic nitrogens is 3. The van der Waals surface area contributed by atoms with E-state index in [9.17, 15) is 4.79 Å². The molecule has 0 aliphatic rings. The normalized spacial score (nSPS) is 10.7. The summed E-state index contributed by atoms with van der Waals surface area (Å²) in [5.74, 6) is 0.611. The van der Waals surface area contributed by atoms with Crippen molar-refractivity contribution in [3.05, 3.63) is 53.4 Å². The fourth-order valence-corrected chi connectivity index (χ4v) is 2.09. The predicted octanol–water partition coefficient (Wildman–Crippen LogP) is 2.95. The molecule has 7 heteroatoms. The molecule has 2 heterocycles. The van der Waals surface area contributed by atoms with Crippen LogP contribution in [0.1, 0.15) is 34.8 Å². The van der Waals surface area contributed by atoms with Crippen LogP contribution in [-0.4, -0.2) is 21.3 Å². The number of hydrogen-bond acceptors (Lipinski definition) is 7. The minimum atomic E-state index is -0.543. The average molecular weight is 313 g/mol. The molecule has 3 aromatic rings. The zero-order valence-electron chi connectivity index (χ0n) is 12.8. The Morgan fingerprint density at radius 1 is 1.17 bits per heavy atom. The maximum atomic E-state index is 12.4. The molecule has 0 saturated heterocycles. The van der Waals surface area contributed by atoms with Crippen LogP contribution in [0, 0.1) is 6.92 Å². The van der Waals surface area contributed by atoms with E-state index >= 15 is 0 Å². The van der Waals surface area contributed by atoms with Crippen molar-refractivity contribution in [2.45, 2.75) is 26.9 Å². The van der Waals surface area contributed by atoms with Gasteiger partial charge in [0.25, 0.3) is 5.89 Å². The zero-order valence-corrected chi connectivity index (χ0v) is 12.8. The van der Waals surface area contributed by atoms with Crippen LogP contribution in [0.15, 0.2) is 39.3 Å². The van der Waals surface area contributed by atoms with Crippen molar-refractivity contribution >= 4 is 5.97 Å². The quantitative estimate of drug-likeness (QED) is 0.669. The molecule has 0 atom stereocenters. The molecule has 0 fully saturated rings. The number of aryl methyl sites for hydroxylation is 2. The SMILES string of the molecule is CCc1nnc(COC(=O)c2c(-c3ccccc3)noc2C)o1. The van der Waals surface area contributed by atoms with E-state index in [2.05, 4.69) is 15.4 Å². The highest BCUT2D eigenvalue weighted by Crippen LogP contribution is 2.25. The van der Waals surface area contributed by atoms with Gasteiger partial charge >= 0.3 is 5.97 Å². The van der Waals surface area contributed by atoms with E-state index in [4.69, 9.17) is 13.7 Å². The van der Waals surface area contributed by atoms with E-state index in [0.29, 0.717) is 29.3 Å². The van der Waals surface area contributed by atoms with Gasteiger partial charge in [0.15, 0.2) is 6.61 Å². The molecule has 0 unspecified atom stereocenters. The number of nitrogens with zero attached hydrogens (tertiary/aromatic N) is 3. The summed E-state index contributed by atoms with van der Waals surface area (Å²) >= 11 is 0. The molecule has 0 amide bonds. The van der Waals surface area contributed by atoms with Crippen LogP contribution in [0.4, 0.5) is 0 Å². The lowest BCUT2D eigenvalue weighted by atomic mass is 10.1. The first-order valence-electron chi connectivity index (χ1n) is 7.19. The smallest absolute Gasteiger partial charge is 0.344 e. The number of hydrogen-bond donors (Lipinski definition) is 0. The fraction of sp³-hybridized carbons (Fsp3) is 0.250. The maximum Gasteiger partial charge on any atom is 0.344 e. The molecular weight excluding hydrogens is 298 g/mol. The number of esters is 1. The summed E-state index contributed by atoms with van der Waals surface area (Å²) in [5, 5.41) is 11.6. The minimum Gasteiger partial charge on any atom is -0.452 e. The van der Waals surface area contributed by atoms with Crippen molar-refractivity contribution in [2.24, 2.45) is 0 Å². The van der Waals surface area contributed by atoms with Gasteiger partial charge in [-0.1, -0.05) is 42.4 Å². The van der Waals surface area contributed by atoms with Gasteiger partial charge in [-0.05, 0) is 6.92 Å². The Labute approximate surface area is 132 Å². The number of ether oxygens (including phenoxy) is 1. The number of benzene rings is 1. The van der Waals surface area contributed by atoms with Crippen molar-refractivity contribution in [2.75, 3.05) is 0 Å². The van der Waals surface area contributed by atoms with E-state index in [1.54, 1.807) is 6.92 Å². The van der Waals surface area contributed by atoms with E-state index in [0.717, 1.165) is 5.56 Å². The van der Waals surface area contributed by atoms with Gasteiger partial charge < -0.3 is 13.7 Å². The first kappa shape index (κ1) is 15.0. The standard InChI is InChI=1S/C16H15N3O4/c1-3-12-17-18-13(22-12)9-21-16(20)14-10(2)23-19-15(14)11-7-5-4-6-8-11/h4-8H,3,9H2,1-2H3. The third-order valence-corrected chi connectivity index (χ3v) is 3.25. The monoisotopic (exact) mass is 313 g/mol. The predicted molar refractivity (Wildman–Crippen MR) is 79.5 cm³/mol. The highest BCUT2D eigenvalue weighted by Gasteiger charge is 2.23. The summed E-state index contributed by atoms with van der Waals surface area (Å²) in [6, 6.07) is 9.30. The highest BCUT2D eigenvalue weighted by molar-refractivity contribution is 5.97. The molecular formula is C16H15N3O4. The van der Waals surface area contributed by atoms with E-state index in [1.807, 2.05) is 37.3 Å². The topological polar surface area (TPSA) is 91.2 Å². The Morgan fingerprint density at radius 2 is 1.91 bits per heavy atom. The molecule has 118 valence electrons. The average Bonchev–Trinajstić information content (AvgIpc) is 3.20. The Morgan fingerprint density at radius 3 is 2.61 bits per heavy atom. The maximum absolute atomic E-state index is 12.4. The summed E-state index contributed by atoms with van der Waals surface area (Å²) in [6.07, 6.45) is 0.629. The Kier molecular flexibility index (Phi) is 4.18. The number of carbonyl (C=O) groups excluding carboxylic acids is 1. The van der Waals surface area contributed by atoms with Crippen LogP contribution in [0.25, 0.3) is 11.3 Å². The Bertz CT molecular complexity index is 808. The second-order valence-electron chi connectivity index (χ2n) is 4.85. The van der Waals surface area contributed by atoms with Gasteiger partial charge in [-0.25, -0.2) is 4.79 Å². The third kappa shape index (κ3) is 3.13. The van der Waals surface area contributed by atoms with Crippen LogP contribution in [0.2, 0.25) is 0 Å². The molecule has 23 heavy (non-hydrogen) atoms. The highest BCUT2D eigenvalue weighted by atomic mass is 16.5. The molecule has 0 aliphatic heterocycles. The van der Waals surface area contributed by atoms with Crippen molar-refractivity contribution in [1.82, 2.24) is 15.4 Å². The van der Waals surface area contributed by atoms with Crippen LogP contribution < -0.4 is 0 Å². The molecule has 0 spiro atoms. The van der Waals surface area contributed by atoms with E-state index in [-0.39, 0.29) is 12.5 Å². The summed E-state index contributed by atoms with van der Waals surface area (Å²) < 4.78 is 15.7. The van der Waals surface area contributed by atoms with Gasteiger partial charge in [0.05, 0.1) is 0 Å². The van der Waals surface area contributed by atoms with Gasteiger partial charge in [-0.15, -0.1) is 10.2 Å². The minimum absolute atomic E-state index is 0.0926. The second kappa shape index (κ2) is 6.43. The third-order valence-electron chi connectivity index (χ3n) is 3.25. The second-order valence-corrected chi connectivity index (χ2v) is 4.85. The Hall–Kier alpha value is -2.96. The van der Waals surface area contributed by atoms with E-state index < -0.39 is 5.97 Å². The summed E-state index contributed by atoms with van der Waals surface area (Å²) in [4.78, 5) is 12.4. The van der Waals surface area contributed by atoms with Gasteiger partial charge in [0.1, 0.15) is 17.0 Å². The number of carbonyl (C=O) groups is 1. The van der Waals surface area contributed by atoms with Crippen LogP contribution >= 0.6 is 0 Å². The van der Waals surface area contributed by atoms with E-state index in [1.165, 1.54) is 0 Å². The fourth-order valence-electron chi connectivity index (χ4n) is 2.09. The summed E-state index contributed by atoms with van der Waals surface area (Å²) in [5.41, 5.74) is 1.53. The van der Waals surface area contributed by atoms with Crippen LogP contribution in [0.3, 0.4) is 0 Å². The lowest BCUT2D eigenvalue weighted by Crippen LogP contribution is -2.07. The molecule has 0 saturated carbocycles. The molecule has 0 N–H and O–H groups in total. The van der Waals surface area contributed by atoms with Gasteiger partial charge in [-0.3, -0.25) is 0 Å². The molecule has 0 aliphatic carbocycles. The molecule has 0 bridgehead atoms. The van der Waals surface area contributed by atoms with Gasteiger partial charge in [0.2, 0.25) is 5.89 Å². The lowest BCUT2D eigenvalue weighted by Gasteiger charge is -2.03. The van der Waals surface area contributed by atoms with Crippen LogP contribution in [-0.2, 0) is 17.8 Å². The molecule has 7 nitrogen and oxygen atoms in total. The Balaban J connectivity index is 1.78. The largest absolute Gasteiger partial charge is 0.452 e. The molecule has 2 aromatic heterocycles. The first-order valence-corrected chi connectivity index (χ1v) is 7.19. The van der Waals surface area contributed by atoms with Crippen molar-refractivity contribution in [1.29, 1.82) is 0 Å². The number of rotatable bonds is 5. The molecule has 0 radical (unpaired) electrons. The van der Waals surface area contributed by atoms with Crippen molar-refractivity contribution < 1.29 is 18.5 Å².